The largest absolute Gasteiger partial charge is 0.337 e. The minimum Gasteiger partial charge on any atom is -0.337 e. The van der Waals surface area contributed by atoms with E-state index in [0.717, 1.165) is 31.1 Å². The first-order valence-corrected chi connectivity index (χ1v) is 6.91. The van der Waals surface area contributed by atoms with Crippen LogP contribution in [0.3, 0.4) is 0 Å². The van der Waals surface area contributed by atoms with Gasteiger partial charge in [0.25, 0.3) is 0 Å². The fraction of sp³-hybridized carbons (Fsp3) is 0.429. The van der Waals surface area contributed by atoms with Crippen LogP contribution in [0.15, 0.2) is 24.8 Å². The summed E-state index contributed by atoms with van der Waals surface area (Å²) >= 11 is 0. The van der Waals surface area contributed by atoms with Crippen LogP contribution in [0.5, 0.6) is 0 Å². The van der Waals surface area contributed by atoms with Gasteiger partial charge < -0.3 is 9.80 Å². The minimum absolute atomic E-state index is 0.203. The zero-order valence-electron chi connectivity index (χ0n) is 12.1. The van der Waals surface area contributed by atoms with E-state index in [9.17, 15) is 4.39 Å². The number of piperazine rings is 1. The van der Waals surface area contributed by atoms with Gasteiger partial charge >= 0.3 is 0 Å². The van der Waals surface area contributed by atoms with Gasteiger partial charge in [0.05, 0.1) is 12.4 Å². The third-order valence-corrected chi connectivity index (χ3v) is 3.54. The second-order valence-electron chi connectivity index (χ2n) is 5.25. The Bertz CT molecular complexity index is 600. The molecular weight excluding hydrogens is 271 g/mol. The lowest BCUT2D eigenvalue weighted by molar-refractivity contribution is 0.529. The molecule has 0 saturated carbocycles. The van der Waals surface area contributed by atoms with E-state index in [1.54, 1.807) is 0 Å². The van der Waals surface area contributed by atoms with Gasteiger partial charge in [0.2, 0.25) is 11.9 Å². The molecule has 110 valence electrons. The van der Waals surface area contributed by atoms with Crippen LogP contribution in [0, 0.1) is 12.7 Å². The maximum atomic E-state index is 12.9. The van der Waals surface area contributed by atoms with Crippen LogP contribution in [0.2, 0.25) is 0 Å². The third-order valence-electron chi connectivity index (χ3n) is 3.54. The molecule has 0 bridgehead atoms. The van der Waals surface area contributed by atoms with Gasteiger partial charge in [0.15, 0.2) is 5.82 Å². The van der Waals surface area contributed by atoms with Crippen molar-refractivity contribution < 1.29 is 4.39 Å². The average molecular weight is 288 g/mol. The van der Waals surface area contributed by atoms with Gasteiger partial charge in [-0.1, -0.05) is 0 Å². The molecule has 21 heavy (non-hydrogen) atoms. The average Bonchev–Trinajstić information content (AvgIpc) is 2.49. The second kappa shape index (κ2) is 5.59. The molecule has 3 rings (SSSR count). The van der Waals surface area contributed by atoms with Crippen LogP contribution in [0.4, 0.5) is 16.3 Å². The Balaban J connectivity index is 1.72. The highest BCUT2D eigenvalue weighted by molar-refractivity contribution is 5.39. The summed E-state index contributed by atoms with van der Waals surface area (Å²) in [5.41, 5.74) is 1.05. The maximum Gasteiger partial charge on any atom is 0.225 e. The Morgan fingerprint density at radius 3 is 2.24 bits per heavy atom. The summed E-state index contributed by atoms with van der Waals surface area (Å²) in [6.07, 6.45) is 6.04. The summed E-state index contributed by atoms with van der Waals surface area (Å²) in [5.74, 6) is 0.888. The first-order chi connectivity index (χ1) is 10.1. The summed E-state index contributed by atoms with van der Waals surface area (Å²) in [6, 6.07) is 0.203. The second-order valence-corrected chi connectivity index (χ2v) is 5.25. The summed E-state index contributed by atoms with van der Waals surface area (Å²) in [6.45, 7) is 6.38. The van der Waals surface area contributed by atoms with E-state index in [2.05, 4.69) is 36.7 Å². The first kappa shape index (κ1) is 13.7. The van der Waals surface area contributed by atoms with Crippen molar-refractivity contribution >= 4 is 11.9 Å². The lowest BCUT2D eigenvalue weighted by atomic mass is 10.2. The van der Waals surface area contributed by atoms with E-state index < -0.39 is 5.82 Å². The van der Waals surface area contributed by atoms with Gasteiger partial charge in [-0.25, -0.2) is 24.3 Å². The predicted octanol–water partition coefficient (Wildman–Crippen LogP) is 1.43. The molecule has 7 heteroatoms. The molecule has 0 unspecified atom stereocenters. The number of nitrogens with zero attached hydrogens (tertiary/aromatic N) is 6. The molecule has 3 heterocycles. The Hall–Kier alpha value is -2.31. The molecule has 0 amide bonds. The number of hydrogen-bond acceptors (Lipinski definition) is 6. The van der Waals surface area contributed by atoms with Crippen molar-refractivity contribution in [3.05, 3.63) is 36.2 Å². The number of halogens is 1. The van der Waals surface area contributed by atoms with Crippen molar-refractivity contribution in [3.8, 4) is 0 Å². The van der Waals surface area contributed by atoms with E-state index in [-0.39, 0.29) is 6.04 Å². The Kier molecular flexibility index (Phi) is 3.64. The van der Waals surface area contributed by atoms with Crippen molar-refractivity contribution in [3.63, 3.8) is 0 Å². The Morgan fingerprint density at radius 1 is 1.00 bits per heavy atom. The molecule has 1 fully saturated rings. The molecule has 2 aromatic heterocycles. The van der Waals surface area contributed by atoms with Crippen LogP contribution < -0.4 is 9.80 Å². The molecule has 0 spiro atoms. The number of rotatable bonds is 2. The maximum absolute atomic E-state index is 12.9. The molecule has 0 aliphatic carbocycles. The quantitative estimate of drug-likeness (QED) is 0.833. The standard InChI is InChI=1S/C14H17FN6/c1-10-5-16-13(17-6-10)20-3-4-21(11(2)9-20)14-18-7-12(15)8-19-14/h5-8,11H,3-4,9H2,1-2H3/t11-/m1/s1. The summed E-state index contributed by atoms with van der Waals surface area (Å²) in [7, 11) is 0. The van der Waals surface area contributed by atoms with E-state index >= 15 is 0 Å². The molecule has 0 radical (unpaired) electrons. The molecule has 2 aromatic rings. The molecule has 0 N–H and O–H groups in total. The van der Waals surface area contributed by atoms with Crippen molar-refractivity contribution in [1.29, 1.82) is 0 Å². The van der Waals surface area contributed by atoms with Crippen molar-refractivity contribution in [2.75, 3.05) is 29.4 Å². The van der Waals surface area contributed by atoms with Crippen LogP contribution in [0.25, 0.3) is 0 Å². The monoisotopic (exact) mass is 288 g/mol. The molecular formula is C14H17FN6. The number of hydrogen-bond donors (Lipinski definition) is 0. The van der Waals surface area contributed by atoms with Gasteiger partial charge in [-0.2, -0.15) is 0 Å². The Morgan fingerprint density at radius 2 is 1.62 bits per heavy atom. The van der Waals surface area contributed by atoms with E-state index in [1.807, 2.05) is 19.3 Å². The molecule has 6 nitrogen and oxygen atoms in total. The molecule has 1 saturated heterocycles. The topological polar surface area (TPSA) is 58.0 Å². The van der Waals surface area contributed by atoms with E-state index in [0.29, 0.717) is 5.95 Å². The van der Waals surface area contributed by atoms with E-state index in [1.165, 1.54) is 12.4 Å². The number of anilines is 2. The summed E-state index contributed by atoms with van der Waals surface area (Å²) < 4.78 is 12.9. The highest BCUT2D eigenvalue weighted by atomic mass is 19.1. The number of aromatic nitrogens is 4. The van der Waals surface area contributed by atoms with Gasteiger partial charge in [-0.3, -0.25) is 0 Å². The number of aryl methyl sites for hydroxylation is 1. The highest BCUT2D eigenvalue weighted by Crippen LogP contribution is 2.18. The van der Waals surface area contributed by atoms with Gasteiger partial charge in [0, 0.05) is 38.1 Å². The minimum atomic E-state index is -0.418. The van der Waals surface area contributed by atoms with Gasteiger partial charge in [-0.05, 0) is 19.4 Å². The van der Waals surface area contributed by atoms with Crippen LogP contribution in [-0.4, -0.2) is 45.6 Å². The fourth-order valence-electron chi connectivity index (χ4n) is 2.44. The molecule has 1 atom stereocenters. The normalized spacial score (nSPS) is 18.9. The van der Waals surface area contributed by atoms with Crippen LogP contribution in [0.1, 0.15) is 12.5 Å². The summed E-state index contributed by atoms with van der Waals surface area (Å²) in [5, 5.41) is 0. The zero-order valence-corrected chi connectivity index (χ0v) is 12.1. The van der Waals surface area contributed by atoms with Crippen LogP contribution >= 0.6 is 0 Å². The Labute approximate surface area is 122 Å². The predicted molar refractivity (Wildman–Crippen MR) is 77.8 cm³/mol. The molecule has 1 aliphatic heterocycles. The first-order valence-electron chi connectivity index (χ1n) is 6.91. The van der Waals surface area contributed by atoms with E-state index in [4.69, 9.17) is 0 Å². The van der Waals surface area contributed by atoms with Crippen LogP contribution in [-0.2, 0) is 0 Å². The SMILES string of the molecule is Cc1cnc(N2CCN(c3ncc(F)cn3)[C@H](C)C2)nc1. The molecule has 1 aliphatic rings. The van der Waals surface area contributed by atoms with Crippen molar-refractivity contribution in [2.45, 2.75) is 19.9 Å². The van der Waals surface area contributed by atoms with Crippen molar-refractivity contribution in [1.82, 2.24) is 19.9 Å². The van der Waals surface area contributed by atoms with Crippen molar-refractivity contribution in [2.24, 2.45) is 0 Å². The third kappa shape index (κ3) is 2.91. The van der Waals surface area contributed by atoms with Gasteiger partial charge in [0.1, 0.15) is 0 Å². The van der Waals surface area contributed by atoms with Gasteiger partial charge in [-0.15, -0.1) is 0 Å². The fourth-order valence-corrected chi connectivity index (χ4v) is 2.44. The zero-order chi connectivity index (χ0) is 14.8. The highest BCUT2D eigenvalue weighted by Gasteiger charge is 2.26. The lowest BCUT2D eigenvalue weighted by Crippen LogP contribution is -2.53. The molecule has 0 aromatic carbocycles. The summed E-state index contributed by atoms with van der Waals surface area (Å²) in [4.78, 5) is 21.0. The lowest BCUT2D eigenvalue weighted by Gasteiger charge is -2.39. The smallest absolute Gasteiger partial charge is 0.225 e.